The van der Waals surface area contributed by atoms with Gasteiger partial charge in [0.25, 0.3) is 0 Å². The Bertz CT molecular complexity index is 2150. The third-order valence-electron chi connectivity index (χ3n) is 8.39. The van der Waals surface area contributed by atoms with Crippen molar-refractivity contribution >= 4 is 38.7 Å². The van der Waals surface area contributed by atoms with Crippen LogP contribution in [-0.4, -0.2) is 4.57 Å². The molecular weight excluding hydrogens is 510 g/mol. The van der Waals surface area contributed by atoms with Crippen molar-refractivity contribution in [2.75, 3.05) is 4.90 Å². The first kappa shape index (κ1) is 24.3. The fourth-order valence-corrected chi connectivity index (χ4v) is 6.59. The summed E-state index contributed by atoms with van der Waals surface area (Å²) in [6.45, 7) is 0. The molecule has 0 aliphatic carbocycles. The van der Waals surface area contributed by atoms with Crippen molar-refractivity contribution in [3.63, 3.8) is 0 Å². The number of nitrogens with zero attached hydrogens (tertiary/aromatic N) is 2. The molecule has 0 atom stereocenters. The second kappa shape index (κ2) is 9.83. The zero-order valence-electron chi connectivity index (χ0n) is 23.1. The molecule has 6 aromatic carbocycles. The van der Waals surface area contributed by atoms with Crippen LogP contribution in [0.3, 0.4) is 0 Å². The molecule has 1 aromatic heterocycles. The zero-order chi connectivity index (χ0) is 28.0. The van der Waals surface area contributed by atoms with E-state index in [2.05, 4.69) is 149 Å². The smallest absolute Gasteiger partial charge is 0.0641 e. The van der Waals surface area contributed by atoms with Crippen LogP contribution in [-0.2, 0) is 6.42 Å². The minimum Gasteiger partial charge on any atom is -0.405 e. The number of aromatic nitrogens is 1. The van der Waals surface area contributed by atoms with Crippen LogP contribution in [0, 0.1) is 0 Å². The van der Waals surface area contributed by atoms with Crippen LogP contribution in [0.2, 0.25) is 0 Å². The molecule has 0 bridgehead atoms. The van der Waals surface area contributed by atoms with E-state index in [-0.39, 0.29) is 0 Å². The molecular formula is C39H29N3. The van der Waals surface area contributed by atoms with E-state index >= 15 is 0 Å². The van der Waals surface area contributed by atoms with Gasteiger partial charge in [0.1, 0.15) is 0 Å². The van der Waals surface area contributed by atoms with Crippen molar-refractivity contribution in [1.82, 2.24) is 4.57 Å². The number of hydrogen-bond donors (Lipinski definition) is 1. The highest BCUT2D eigenvalue weighted by molar-refractivity contribution is 6.13. The highest BCUT2D eigenvalue weighted by Crippen LogP contribution is 2.54. The maximum Gasteiger partial charge on any atom is 0.0641 e. The van der Waals surface area contributed by atoms with Crippen LogP contribution < -0.4 is 10.6 Å². The van der Waals surface area contributed by atoms with Crippen LogP contribution >= 0.6 is 0 Å². The van der Waals surface area contributed by atoms with Crippen LogP contribution in [0.15, 0.2) is 152 Å². The lowest BCUT2D eigenvalue weighted by Gasteiger charge is -2.29. The Morgan fingerprint density at radius 3 is 2.05 bits per heavy atom. The Labute approximate surface area is 245 Å². The minimum atomic E-state index is 0.757. The van der Waals surface area contributed by atoms with Gasteiger partial charge in [0.15, 0.2) is 0 Å². The lowest BCUT2D eigenvalue weighted by atomic mass is 9.98. The lowest BCUT2D eigenvalue weighted by Crippen LogP contribution is -2.13. The van der Waals surface area contributed by atoms with Gasteiger partial charge in [-0.15, -0.1) is 0 Å². The summed E-state index contributed by atoms with van der Waals surface area (Å²) < 4.78 is 2.46. The standard InChI is InChI=1S/C39H29N3/c40-25-11-15-28-13-3-7-19-34(28)42-36-21-9-5-17-32(36)38-31-16-4-8-20-35(31)41(39(38)33-18-6-10-22-37(33)42)30-24-23-27-12-1-2-14-29(27)26-30/h1-14,16-26H,15,40H2/b25-11-. The first-order valence-electron chi connectivity index (χ1n) is 14.4. The van der Waals surface area contributed by atoms with E-state index in [9.17, 15) is 0 Å². The number of rotatable bonds is 4. The molecule has 42 heavy (non-hydrogen) atoms. The summed E-state index contributed by atoms with van der Waals surface area (Å²) in [6, 6.07) is 50.5. The van der Waals surface area contributed by atoms with Crippen molar-refractivity contribution in [3.8, 4) is 28.1 Å². The van der Waals surface area contributed by atoms with Crippen molar-refractivity contribution in [2.24, 2.45) is 5.73 Å². The fraction of sp³-hybridized carbons (Fsp3) is 0.0256. The van der Waals surface area contributed by atoms with E-state index in [4.69, 9.17) is 5.73 Å². The quantitative estimate of drug-likeness (QED) is 0.241. The summed E-state index contributed by atoms with van der Waals surface area (Å²) in [7, 11) is 0. The Morgan fingerprint density at radius 1 is 0.571 bits per heavy atom. The molecule has 2 N–H and O–H groups in total. The average molecular weight is 540 g/mol. The fourth-order valence-electron chi connectivity index (χ4n) is 6.59. The topological polar surface area (TPSA) is 34.2 Å². The third kappa shape index (κ3) is 3.68. The lowest BCUT2D eigenvalue weighted by molar-refractivity contribution is 1.14. The maximum atomic E-state index is 5.79. The Balaban J connectivity index is 1.51. The molecule has 0 fully saturated rings. The summed E-state index contributed by atoms with van der Waals surface area (Å²) in [6.07, 6.45) is 4.41. The molecule has 1 aliphatic rings. The largest absolute Gasteiger partial charge is 0.405 e. The zero-order valence-corrected chi connectivity index (χ0v) is 23.1. The van der Waals surface area contributed by atoms with Crippen LogP contribution in [0.25, 0.3) is 49.7 Å². The van der Waals surface area contributed by atoms with Crippen LogP contribution in [0.5, 0.6) is 0 Å². The molecule has 8 rings (SSSR count). The maximum absolute atomic E-state index is 5.79. The SMILES string of the molecule is N/C=C\Cc1ccccc1N1c2ccccc2-c2c(n(-c3ccc4ccccc4c3)c3ccccc23)-c2ccccc21. The molecule has 3 heteroatoms. The number of nitrogens with two attached hydrogens (primary N) is 1. The van der Waals surface area contributed by atoms with E-state index in [1.54, 1.807) is 6.20 Å². The highest BCUT2D eigenvalue weighted by Gasteiger charge is 2.31. The van der Waals surface area contributed by atoms with Gasteiger partial charge in [-0.05, 0) is 65.4 Å². The van der Waals surface area contributed by atoms with Gasteiger partial charge < -0.3 is 15.2 Å². The number of anilines is 3. The van der Waals surface area contributed by atoms with E-state index in [0.717, 1.165) is 29.2 Å². The van der Waals surface area contributed by atoms with Crippen molar-refractivity contribution < 1.29 is 0 Å². The summed E-state index contributed by atoms with van der Waals surface area (Å²) in [5.41, 5.74) is 17.7. The van der Waals surface area contributed by atoms with Gasteiger partial charge in [0.2, 0.25) is 0 Å². The first-order chi connectivity index (χ1) is 20.8. The third-order valence-corrected chi connectivity index (χ3v) is 8.39. The molecule has 3 nitrogen and oxygen atoms in total. The van der Waals surface area contributed by atoms with E-state index in [0.29, 0.717) is 0 Å². The molecule has 0 saturated heterocycles. The van der Waals surface area contributed by atoms with Gasteiger partial charge in [0, 0.05) is 33.5 Å². The van der Waals surface area contributed by atoms with Gasteiger partial charge in [0.05, 0.1) is 22.6 Å². The van der Waals surface area contributed by atoms with Gasteiger partial charge in [-0.25, -0.2) is 0 Å². The highest BCUT2D eigenvalue weighted by atomic mass is 15.2. The minimum absolute atomic E-state index is 0.757. The first-order valence-corrected chi connectivity index (χ1v) is 14.4. The number of fused-ring (bicyclic) bond motifs is 8. The van der Waals surface area contributed by atoms with Gasteiger partial charge in [-0.1, -0.05) is 109 Å². The number of para-hydroxylation sites is 4. The molecule has 0 spiro atoms. The summed E-state index contributed by atoms with van der Waals surface area (Å²) >= 11 is 0. The monoisotopic (exact) mass is 539 g/mol. The Kier molecular flexibility index (Phi) is 5.68. The van der Waals surface area contributed by atoms with Crippen LogP contribution in [0.4, 0.5) is 17.1 Å². The second-order valence-corrected chi connectivity index (χ2v) is 10.7. The second-order valence-electron chi connectivity index (χ2n) is 10.7. The number of allylic oxidation sites excluding steroid dienone is 1. The Hall–Kier alpha value is -5.54. The normalized spacial score (nSPS) is 12.3. The van der Waals surface area contributed by atoms with Crippen molar-refractivity contribution in [2.45, 2.75) is 6.42 Å². The molecule has 0 saturated carbocycles. The molecule has 1 aliphatic heterocycles. The predicted octanol–water partition coefficient (Wildman–Crippen LogP) is 9.92. The van der Waals surface area contributed by atoms with E-state index in [1.807, 2.05) is 6.08 Å². The molecule has 200 valence electrons. The van der Waals surface area contributed by atoms with Crippen molar-refractivity contribution in [1.29, 1.82) is 0 Å². The van der Waals surface area contributed by atoms with E-state index in [1.165, 1.54) is 49.6 Å². The average Bonchev–Trinajstić information content (AvgIpc) is 3.33. The summed E-state index contributed by atoms with van der Waals surface area (Å²) in [5.74, 6) is 0. The summed E-state index contributed by atoms with van der Waals surface area (Å²) in [5, 5.41) is 3.71. The molecule has 2 heterocycles. The van der Waals surface area contributed by atoms with Crippen molar-refractivity contribution in [3.05, 3.63) is 157 Å². The summed E-state index contributed by atoms with van der Waals surface area (Å²) in [4.78, 5) is 2.43. The Morgan fingerprint density at radius 2 is 1.21 bits per heavy atom. The number of hydrogen-bond acceptors (Lipinski definition) is 2. The molecule has 0 radical (unpaired) electrons. The molecule has 0 unspecified atom stereocenters. The number of benzene rings is 6. The van der Waals surface area contributed by atoms with Gasteiger partial charge >= 0.3 is 0 Å². The van der Waals surface area contributed by atoms with Crippen LogP contribution in [0.1, 0.15) is 5.56 Å². The van der Waals surface area contributed by atoms with E-state index < -0.39 is 0 Å². The molecule has 7 aromatic rings. The molecule has 0 amide bonds. The van der Waals surface area contributed by atoms with Gasteiger partial charge in [-0.3, -0.25) is 0 Å². The predicted molar refractivity (Wildman–Crippen MR) is 177 cm³/mol. The van der Waals surface area contributed by atoms with Gasteiger partial charge in [-0.2, -0.15) is 0 Å².